The molecular weight excluding hydrogens is 182 g/mol. The van der Waals surface area contributed by atoms with Crippen LogP contribution in [0.4, 0.5) is 0 Å². The Hall–Kier alpha value is -1.49. The number of nitrogens with one attached hydrogen (secondary N) is 1. The van der Waals surface area contributed by atoms with Crippen LogP contribution < -0.4 is 5.32 Å². The molecule has 76 valence electrons. The van der Waals surface area contributed by atoms with Crippen molar-refractivity contribution in [1.82, 2.24) is 15.3 Å². The van der Waals surface area contributed by atoms with E-state index in [0.717, 1.165) is 11.5 Å². The minimum atomic E-state index is -0.795. The van der Waals surface area contributed by atoms with Gasteiger partial charge in [0.1, 0.15) is 5.82 Å². The van der Waals surface area contributed by atoms with E-state index in [0.29, 0.717) is 13.1 Å². The number of hydrogen-bond acceptors (Lipinski definition) is 4. The van der Waals surface area contributed by atoms with Crippen LogP contribution in [-0.2, 0) is 11.3 Å². The third-order valence-corrected chi connectivity index (χ3v) is 1.66. The summed E-state index contributed by atoms with van der Waals surface area (Å²) in [4.78, 5) is 18.3. The maximum absolute atomic E-state index is 10.2. The largest absolute Gasteiger partial charge is 0.481 e. The molecule has 1 rings (SSSR count). The molecule has 14 heavy (non-hydrogen) atoms. The molecule has 0 atom stereocenters. The van der Waals surface area contributed by atoms with E-state index in [9.17, 15) is 4.79 Å². The molecule has 0 saturated carbocycles. The Morgan fingerprint density at radius 3 is 3.07 bits per heavy atom. The molecular formula is C9H13N3O2. The van der Waals surface area contributed by atoms with Gasteiger partial charge in [-0.05, 0) is 13.0 Å². The van der Waals surface area contributed by atoms with Crippen molar-refractivity contribution in [2.24, 2.45) is 0 Å². The number of carbonyl (C=O) groups is 1. The maximum atomic E-state index is 10.2. The molecule has 0 amide bonds. The van der Waals surface area contributed by atoms with Gasteiger partial charge in [-0.25, -0.2) is 9.97 Å². The third kappa shape index (κ3) is 3.95. The van der Waals surface area contributed by atoms with Crippen LogP contribution in [0.2, 0.25) is 0 Å². The lowest BCUT2D eigenvalue weighted by molar-refractivity contribution is -0.136. The minimum Gasteiger partial charge on any atom is -0.481 e. The van der Waals surface area contributed by atoms with Crippen LogP contribution in [0, 0.1) is 6.92 Å². The summed E-state index contributed by atoms with van der Waals surface area (Å²) in [5.74, 6) is -0.0705. The second-order valence-electron chi connectivity index (χ2n) is 2.92. The quantitative estimate of drug-likeness (QED) is 0.663. The second-order valence-corrected chi connectivity index (χ2v) is 2.92. The van der Waals surface area contributed by atoms with Crippen molar-refractivity contribution >= 4 is 5.97 Å². The summed E-state index contributed by atoms with van der Waals surface area (Å²) in [6.45, 7) is 2.86. The minimum absolute atomic E-state index is 0.129. The third-order valence-electron chi connectivity index (χ3n) is 1.66. The highest BCUT2D eigenvalue weighted by atomic mass is 16.4. The average Bonchev–Trinajstić information content (AvgIpc) is 2.12. The van der Waals surface area contributed by atoms with Gasteiger partial charge < -0.3 is 10.4 Å². The van der Waals surface area contributed by atoms with Crippen molar-refractivity contribution in [2.75, 3.05) is 6.54 Å². The number of carboxylic acids is 1. The van der Waals surface area contributed by atoms with Gasteiger partial charge >= 0.3 is 5.97 Å². The molecule has 0 saturated heterocycles. The van der Waals surface area contributed by atoms with E-state index in [1.165, 1.54) is 0 Å². The molecule has 1 aromatic rings. The van der Waals surface area contributed by atoms with Crippen LogP contribution in [0.15, 0.2) is 12.3 Å². The van der Waals surface area contributed by atoms with E-state index in [4.69, 9.17) is 5.11 Å². The summed E-state index contributed by atoms with van der Waals surface area (Å²) >= 11 is 0. The number of nitrogens with zero attached hydrogens (tertiary/aromatic N) is 2. The number of aromatic nitrogens is 2. The molecule has 0 aliphatic heterocycles. The average molecular weight is 195 g/mol. The molecule has 5 heteroatoms. The number of carboxylic acid groups (broad SMARTS) is 1. The first kappa shape index (κ1) is 10.6. The topological polar surface area (TPSA) is 75.1 Å². The molecule has 0 unspecified atom stereocenters. The monoisotopic (exact) mass is 195 g/mol. The number of rotatable bonds is 5. The first-order chi connectivity index (χ1) is 6.68. The van der Waals surface area contributed by atoms with Gasteiger partial charge in [0.15, 0.2) is 0 Å². The predicted molar refractivity (Wildman–Crippen MR) is 50.7 cm³/mol. The molecule has 0 spiro atoms. The molecule has 2 N–H and O–H groups in total. The molecule has 0 aromatic carbocycles. The Morgan fingerprint density at radius 1 is 1.64 bits per heavy atom. The zero-order valence-corrected chi connectivity index (χ0v) is 8.03. The van der Waals surface area contributed by atoms with Gasteiger partial charge in [-0.1, -0.05) is 0 Å². The lowest BCUT2D eigenvalue weighted by Gasteiger charge is -2.02. The van der Waals surface area contributed by atoms with Crippen molar-refractivity contribution in [2.45, 2.75) is 19.9 Å². The lowest BCUT2D eigenvalue weighted by Crippen LogP contribution is -2.18. The standard InChI is InChI=1S/C9H13N3O2/c1-7-11-5-2-8(12-7)6-10-4-3-9(13)14/h2,5,10H,3-4,6H2,1H3,(H,13,14). The van der Waals surface area contributed by atoms with Crippen molar-refractivity contribution in [3.63, 3.8) is 0 Å². The molecule has 5 nitrogen and oxygen atoms in total. The van der Waals surface area contributed by atoms with Crippen molar-refractivity contribution in [3.8, 4) is 0 Å². The number of aryl methyl sites for hydroxylation is 1. The van der Waals surface area contributed by atoms with E-state index in [2.05, 4.69) is 15.3 Å². The van der Waals surface area contributed by atoms with Gasteiger partial charge in [0, 0.05) is 19.3 Å². The van der Waals surface area contributed by atoms with E-state index < -0.39 is 5.97 Å². The first-order valence-electron chi connectivity index (χ1n) is 4.39. The first-order valence-corrected chi connectivity index (χ1v) is 4.39. The Balaban J connectivity index is 2.28. The summed E-state index contributed by atoms with van der Waals surface area (Å²) < 4.78 is 0. The molecule has 0 aliphatic carbocycles. The fraction of sp³-hybridized carbons (Fsp3) is 0.444. The predicted octanol–water partition coefficient (Wildman–Crippen LogP) is 0.349. The lowest BCUT2D eigenvalue weighted by atomic mass is 10.3. The summed E-state index contributed by atoms with van der Waals surface area (Å²) in [5.41, 5.74) is 0.878. The van der Waals surface area contributed by atoms with Crippen LogP contribution in [0.3, 0.4) is 0 Å². The highest BCUT2D eigenvalue weighted by molar-refractivity contribution is 5.66. The smallest absolute Gasteiger partial charge is 0.304 e. The summed E-state index contributed by atoms with van der Waals surface area (Å²) in [6.07, 6.45) is 1.82. The highest BCUT2D eigenvalue weighted by Gasteiger charge is 1.97. The zero-order chi connectivity index (χ0) is 10.4. The van der Waals surface area contributed by atoms with Crippen LogP contribution in [0.25, 0.3) is 0 Å². The zero-order valence-electron chi connectivity index (χ0n) is 8.03. The van der Waals surface area contributed by atoms with Crippen molar-refractivity contribution < 1.29 is 9.90 Å². The van der Waals surface area contributed by atoms with Crippen LogP contribution in [0.1, 0.15) is 17.9 Å². The Bertz CT molecular complexity index is 315. The van der Waals surface area contributed by atoms with Gasteiger partial charge in [-0.2, -0.15) is 0 Å². The molecule has 0 fully saturated rings. The van der Waals surface area contributed by atoms with E-state index >= 15 is 0 Å². The van der Waals surface area contributed by atoms with E-state index in [1.54, 1.807) is 12.3 Å². The van der Waals surface area contributed by atoms with E-state index in [1.807, 2.05) is 6.92 Å². The highest BCUT2D eigenvalue weighted by Crippen LogP contribution is 1.93. The summed E-state index contributed by atoms with van der Waals surface area (Å²) in [5, 5.41) is 11.4. The maximum Gasteiger partial charge on any atom is 0.304 e. The SMILES string of the molecule is Cc1nccc(CNCCC(=O)O)n1. The Labute approximate surface area is 82.2 Å². The fourth-order valence-electron chi connectivity index (χ4n) is 1.02. The molecule has 0 aliphatic rings. The fourth-order valence-corrected chi connectivity index (χ4v) is 1.02. The van der Waals surface area contributed by atoms with Gasteiger partial charge in [-0.15, -0.1) is 0 Å². The van der Waals surface area contributed by atoms with Crippen molar-refractivity contribution in [1.29, 1.82) is 0 Å². The van der Waals surface area contributed by atoms with Crippen LogP contribution >= 0.6 is 0 Å². The van der Waals surface area contributed by atoms with Gasteiger partial charge in [-0.3, -0.25) is 4.79 Å². The Kier molecular flexibility index (Phi) is 4.00. The van der Waals surface area contributed by atoms with Crippen LogP contribution in [0.5, 0.6) is 0 Å². The van der Waals surface area contributed by atoms with Gasteiger partial charge in [0.25, 0.3) is 0 Å². The van der Waals surface area contributed by atoms with Crippen LogP contribution in [-0.4, -0.2) is 27.6 Å². The van der Waals surface area contributed by atoms with Gasteiger partial charge in [0.2, 0.25) is 0 Å². The molecule has 0 radical (unpaired) electrons. The van der Waals surface area contributed by atoms with E-state index in [-0.39, 0.29) is 6.42 Å². The molecule has 1 aromatic heterocycles. The number of hydrogen-bond donors (Lipinski definition) is 2. The second kappa shape index (κ2) is 5.29. The normalized spacial score (nSPS) is 10.1. The molecule has 0 bridgehead atoms. The summed E-state index contributed by atoms with van der Waals surface area (Å²) in [6, 6.07) is 1.81. The van der Waals surface area contributed by atoms with Gasteiger partial charge in [0.05, 0.1) is 12.1 Å². The summed E-state index contributed by atoms with van der Waals surface area (Å²) in [7, 11) is 0. The number of aliphatic carboxylic acids is 1. The molecule has 1 heterocycles. The van der Waals surface area contributed by atoms with Crippen molar-refractivity contribution in [3.05, 3.63) is 23.8 Å². The Morgan fingerprint density at radius 2 is 2.43 bits per heavy atom.